The van der Waals surface area contributed by atoms with Gasteiger partial charge in [0.05, 0.1) is 0 Å². The van der Waals surface area contributed by atoms with E-state index in [2.05, 4.69) is 27.6 Å². The second-order valence-electron chi connectivity index (χ2n) is 5.63. The van der Waals surface area contributed by atoms with Crippen molar-refractivity contribution in [2.75, 3.05) is 5.32 Å². The zero-order valence-corrected chi connectivity index (χ0v) is 15.6. The lowest BCUT2D eigenvalue weighted by Crippen LogP contribution is -2.11. The summed E-state index contributed by atoms with van der Waals surface area (Å²) in [6.07, 6.45) is 2.12. The average Bonchev–Trinajstić information content (AvgIpc) is 3.09. The molecule has 1 aromatic heterocycles. The van der Waals surface area contributed by atoms with Gasteiger partial charge in [-0.05, 0) is 42.7 Å². The Morgan fingerprint density at radius 1 is 1.08 bits per heavy atom. The fourth-order valence-electron chi connectivity index (χ4n) is 2.32. The van der Waals surface area contributed by atoms with Crippen LogP contribution >= 0.6 is 22.9 Å². The number of carbonyl (C=O) groups excluding carboxylic acids is 1. The standard InChI is InChI=1S/C19H18ClN3O2S/c20-15-9-11-16(12-10-15)25-13-18-22-23-19(26-18)21-17(24)8-4-7-14-5-2-1-3-6-14/h1-3,5-6,9-12H,4,7-8,13H2,(H,21,23,24). The maximum atomic E-state index is 12.0. The highest BCUT2D eigenvalue weighted by Gasteiger charge is 2.09. The van der Waals surface area contributed by atoms with Crippen LogP contribution in [0.4, 0.5) is 5.13 Å². The summed E-state index contributed by atoms with van der Waals surface area (Å²) in [6, 6.07) is 17.2. The molecule has 7 heteroatoms. The van der Waals surface area contributed by atoms with Crippen molar-refractivity contribution in [3.05, 3.63) is 70.2 Å². The summed E-state index contributed by atoms with van der Waals surface area (Å²) in [5.41, 5.74) is 1.23. The number of aromatic nitrogens is 2. The molecule has 0 aliphatic heterocycles. The number of ether oxygens (including phenoxy) is 1. The van der Waals surface area contributed by atoms with Crippen LogP contribution in [-0.2, 0) is 17.8 Å². The number of amides is 1. The zero-order chi connectivity index (χ0) is 18.2. The van der Waals surface area contributed by atoms with Crippen molar-refractivity contribution < 1.29 is 9.53 Å². The summed E-state index contributed by atoms with van der Waals surface area (Å²) in [5.74, 6) is 0.651. The molecule has 0 atom stereocenters. The van der Waals surface area contributed by atoms with Crippen molar-refractivity contribution >= 4 is 34.0 Å². The van der Waals surface area contributed by atoms with Crippen LogP contribution in [0, 0.1) is 0 Å². The molecule has 0 radical (unpaired) electrons. The first-order valence-electron chi connectivity index (χ1n) is 8.23. The molecule has 1 N–H and O–H groups in total. The van der Waals surface area contributed by atoms with E-state index in [1.54, 1.807) is 24.3 Å². The summed E-state index contributed by atoms with van der Waals surface area (Å²) in [7, 11) is 0. The highest BCUT2D eigenvalue weighted by molar-refractivity contribution is 7.15. The summed E-state index contributed by atoms with van der Waals surface area (Å²) in [6.45, 7) is 0.295. The van der Waals surface area contributed by atoms with E-state index in [9.17, 15) is 4.79 Å². The monoisotopic (exact) mass is 387 g/mol. The number of halogens is 1. The lowest BCUT2D eigenvalue weighted by atomic mass is 10.1. The second-order valence-corrected chi connectivity index (χ2v) is 7.13. The van der Waals surface area contributed by atoms with Gasteiger partial charge in [0.2, 0.25) is 11.0 Å². The molecule has 0 saturated carbocycles. The second kappa shape index (κ2) is 9.31. The highest BCUT2D eigenvalue weighted by atomic mass is 35.5. The number of nitrogens with zero attached hydrogens (tertiary/aromatic N) is 2. The predicted octanol–water partition coefficient (Wildman–Crippen LogP) is 4.73. The summed E-state index contributed by atoms with van der Waals surface area (Å²) < 4.78 is 5.62. The molecule has 1 heterocycles. The van der Waals surface area contributed by atoms with E-state index in [0.29, 0.717) is 33.9 Å². The van der Waals surface area contributed by atoms with Gasteiger partial charge in [-0.15, -0.1) is 10.2 Å². The van der Waals surface area contributed by atoms with Crippen LogP contribution in [0.2, 0.25) is 5.02 Å². The van der Waals surface area contributed by atoms with Gasteiger partial charge < -0.3 is 10.1 Å². The van der Waals surface area contributed by atoms with Crippen LogP contribution in [-0.4, -0.2) is 16.1 Å². The molecule has 0 spiro atoms. The number of rotatable bonds is 8. The van der Waals surface area contributed by atoms with Crippen LogP contribution in [0.1, 0.15) is 23.4 Å². The van der Waals surface area contributed by atoms with Gasteiger partial charge in [-0.2, -0.15) is 0 Å². The topological polar surface area (TPSA) is 64.1 Å². The fourth-order valence-corrected chi connectivity index (χ4v) is 3.11. The number of anilines is 1. The third-order valence-electron chi connectivity index (χ3n) is 3.60. The molecule has 3 aromatic rings. The summed E-state index contributed by atoms with van der Waals surface area (Å²) >= 11 is 7.14. The summed E-state index contributed by atoms with van der Waals surface area (Å²) in [4.78, 5) is 12.0. The minimum Gasteiger partial charge on any atom is -0.486 e. The molecule has 26 heavy (non-hydrogen) atoms. The molecule has 5 nitrogen and oxygen atoms in total. The van der Waals surface area contributed by atoms with Crippen LogP contribution in [0.3, 0.4) is 0 Å². The molecule has 0 unspecified atom stereocenters. The van der Waals surface area contributed by atoms with Crippen LogP contribution < -0.4 is 10.1 Å². The van der Waals surface area contributed by atoms with Crippen LogP contribution in [0.25, 0.3) is 0 Å². The normalized spacial score (nSPS) is 10.5. The number of carbonyl (C=O) groups is 1. The molecular weight excluding hydrogens is 370 g/mol. The Morgan fingerprint density at radius 2 is 1.85 bits per heavy atom. The molecule has 0 aliphatic rings. The van der Waals surface area contributed by atoms with Crippen molar-refractivity contribution in [2.45, 2.75) is 25.9 Å². The van der Waals surface area contributed by atoms with Crippen molar-refractivity contribution in [2.24, 2.45) is 0 Å². The van der Waals surface area contributed by atoms with Gasteiger partial charge in [-0.3, -0.25) is 4.79 Å². The Balaban J connectivity index is 1.41. The lowest BCUT2D eigenvalue weighted by molar-refractivity contribution is -0.116. The van der Waals surface area contributed by atoms with E-state index in [-0.39, 0.29) is 5.91 Å². The van der Waals surface area contributed by atoms with E-state index in [4.69, 9.17) is 16.3 Å². The van der Waals surface area contributed by atoms with Gasteiger partial charge >= 0.3 is 0 Å². The molecule has 0 saturated heterocycles. The van der Waals surface area contributed by atoms with E-state index in [1.807, 2.05) is 18.2 Å². The van der Waals surface area contributed by atoms with E-state index >= 15 is 0 Å². The Labute approximate surface area is 161 Å². The fraction of sp³-hybridized carbons (Fsp3) is 0.211. The van der Waals surface area contributed by atoms with Crippen molar-refractivity contribution in [3.63, 3.8) is 0 Å². The molecule has 1 amide bonds. The quantitative estimate of drug-likeness (QED) is 0.606. The lowest BCUT2D eigenvalue weighted by Gasteiger charge is -2.03. The Morgan fingerprint density at radius 3 is 2.62 bits per heavy atom. The van der Waals surface area contributed by atoms with Crippen molar-refractivity contribution in [1.82, 2.24) is 10.2 Å². The maximum absolute atomic E-state index is 12.0. The first kappa shape index (κ1) is 18.4. The third-order valence-corrected chi connectivity index (χ3v) is 4.67. The molecular formula is C19H18ClN3O2S. The smallest absolute Gasteiger partial charge is 0.226 e. The van der Waals surface area contributed by atoms with Crippen LogP contribution in [0.5, 0.6) is 5.75 Å². The molecule has 0 fully saturated rings. The van der Waals surface area contributed by atoms with Gasteiger partial charge in [0.1, 0.15) is 12.4 Å². The molecule has 134 valence electrons. The zero-order valence-electron chi connectivity index (χ0n) is 14.0. The SMILES string of the molecule is O=C(CCCc1ccccc1)Nc1nnc(COc2ccc(Cl)cc2)s1. The number of hydrogen-bond donors (Lipinski definition) is 1. The number of nitrogens with one attached hydrogen (secondary N) is 1. The van der Waals surface area contributed by atoms with Gasteiger partial charge in [-0.1, -0.05) is 53.3 Å². The summed E-state index contributed by atoms with van der Waals surface area (Å²) in [5, 5.41) is 12.6. The van der Waals surface area contributed by atoms with Crippen molar-refractivity contribution in [3.8, 4) is 5.75 Å². The molecule has 0 aliphatic carbocycles. The predicted molar refractivity (Wildman–Crippen MR) is 104 cm³/mol. The van der Waals surface area contributed by atoms with Gasteiger partial charge in [0.25, 0.3) is 0 Å². The molecule has 0 bridgehead atoms. The number of benzene rings is 2. The van der Waals surface area contributed by atoms with E-state index < -0.39 is 0 Å². The first-order valence-corrected chi connectivity index (χ1v) is 9.43. The number of aryl methyl sites for hydroxylation is 1. The Hall–Kier alpha value is -2.44. The largest absolute Gasteiger partial charge is 0.486 e. The van der Waals surface area contributed by atoms with Gasteiger partial charge in [0.15, 0.2) is 5.01 Å². The third kappa shape index (κ3) is 5.82. The van der Waals surface area contributed by atoms with E-state index in [1.165, 1.54) is 16.9 Å². The average molecular weight is 388 g/mol. The van der Waals surface area contributed by atoms with Gasteiger partial charge in [0, 0.05) is 11.4 Å². The van der Waals surface area contributed by atoms with Crippen LogP contribution in [0.15, 0.2) is 54.6 Å². The highest BCUT2D eigenvalue weighted by Crippen LogP contribution is 2.20. The number of hydrogen-bond acceptors (Lipinski definition) is 5. The Kier molecular flexibility index (Phi) is 6.57. The Bertz CT molecular complexity index is 838. The minimum atomic E-state index is -0.0535. The van der Waals surface area contributed by atoms with Crippen molar-refractivity contribution in [1.29, 1.82) is 0 Å². The minimum absolute atomic E-state index is 0.0535. The molecule has 3 rings (SSSR count). The van der Waals surface area contributed by atoms with Gasteiger partial charge in [-0.25, -0.2) is 0 Å². The maximum Gasteiger partial charge on any atom is 0.226 e. The molecule has 2 aromatic carbocycles. The first-order chi connectivity index (χ1) is 12.7. The van der Waals surface area contributed by atoms with E-state index in [0.717, 1.165) is 12.8 Å².